The fourth-order valence-electron chi connectivity index (χ4n) is 3.27. The molecule has 1 amide bonds. The van der Waals surface area contributed by atoms with Crippen LogP contribution in [-0.4, -0.2) is 5.91 Å². The lowest BCUT2D eigenvalue weighted by Gasteiger charge is -2.28. The summed E-state index contributed by atoms with van der Waals surface area (Å²) in [5.41, 5.74) is 4.42. The van der Waals surface area contributed by atoms with Crippen molar-refractivity contribution in [2.24, 2.45) is 0 Å². The minimum Gasteiger partial charge on any atom is -0.360 e. The van der Waals surface area contributed by atoms with E-state index in [2.05, 4.69) is 5.32 Å². The average molecular weight is 349 g/mol. The van der Waals surface area contributed by atoms with E-state index in [0.29, 0.717) is 5.02 Å². The Morgan fingerprint density at radius 1 is 0.920 bits per heavy atom. The van der Waals surface area contributed by atoms with Gasteiger partial charge < -0.3 is 5.32 Å². The van der Waals surface area contributed by atoms with Crippen LogP contribution in [0.5, 0.6) is 0 Å². The van der Waals surface area contributed by atoms with Crippen LogP contribution in [0.2, 0.25) is 5.02 Å². The maximum absolute atomic E-state index is 13.1. The number of nitrogens with one attached hydrogen (secondary N) is 1. The Hall–Kier alpha value is -2.78. The summed E-state index contributed by atoms with van der Waals surface area (Å²) in [7, 11) is 0. The van der Waals surface area contributed by atoms with Crippen molar-refractivity contribution >= 4 is 28.9 Å². The van der Waals surface area contributed by atoms with Crippen molar-refractivity contribution in [3.8, 4) is 0 Å². The van der Waals surface area contributed by atoms with Gasteiger partial charge in [0.1, 0.15) is 6.17 Å². The number of hydrogen-bond donors (Lipinski definition) is 1. The van der Waals surface area contributed by atoms with Gasteiger partial charge in [-0.1, -0.05) is 60.1 Å². The Balaban J connectivity index is 1.84. The topological polar surface area (TPSA) is 32.3 Å². The van der Waals surface area contributed by atoms with Gasteiger partial charge in [0.2, 0.25) is 0 Å². The molecule has 124 valence electrons. The summed E-state index contributed by atoms with van der Waals surface area (Å²) < 4.78 is 0. The molecule has 0 bridgehead atoms. The predicted octanol–water partition coefficient (Wildman–Crippen LogP) is 5.42. The fourth-order valence-corrected chi connectivity index (χ4v) is 3.46. The van der Waals surface area contributed by atoms with Crippen molar-refractivity contribution in [2.45, 2.75) is 13.1 Å². The van der Waals surface area contributed by atoms with Crippen molar-refractivity contribution < 1.29 is 4.79 Å². The van der Waals surface area contributed by atoms with Gasteiger partial charge in [0.25, 0.3) is 5.91 Å². The second-order valence-corrected chi connectivity index (χ2v) is 6.48. The number of anilines is 2. The molecular weight excluding hydrogens is 332 g/mol. The third-order valence-electron chi connectivity index (χ3n) is 4.50. The molecule has 0 saturated heterocycles. The molecule has 1 atom stereocenters. The molecule has 3 aromatic carbocycles. The van der Waals surface area contributed by atoms with E-state index in [1.54, 1.807) is 0 Å². The second kappa shape index (κ2) is 6.26. The molecule has 3 nitrogen and oxygen atoms in total. The van der Waals surface area contributed by atoms with Crippen LogP contribution < -0.4 is 10.2 Å². The summed E-state index contributed by atoms with van der Waals surface area (Å²) in [6, 6.07) is 23.2. The number of halogens is 1. The Labute approximate surface area is 151 Å². The minimum absolute atomic E-state index is 0.00514. The van der Waals surface area contributed by atoms with Gasteiger partial charge >= 0.3 is 0 Å². The molecule has 1 aliphatic rings. The Morgan fingerprint density at radius 3 is 2.40 bits per heavy atom. The van der Waals surface area contributed by atoms with Crippen LogP contribution in [0.15, 0.2) is 72.8 Å². The zero-order chi connectivity index (χ0) is 17.4. The van der Waals surface area contributed by atoms with Gasteiger partial charge in [-0.2, -0.15) is 0 Å². The first kappa shape index (κ1) is 15.7. The highest BCUT2D eigenvalue weighted by Crippen LogP contribution is 2.40. The maximum atomic E-state index is 13.1. The molecule has 1 unspecified atom stereocenters. The van der Waals surface area contributed by atoms with Crippen LogP contribution in [0.4, 0.5) is 11.4 Å². The number of rotatable bonds is 3. The van der Waals surface area contributed by atoms with Gasteiger partial charge in [-0.05, 0) is 36.8 Å². The van der Waals surface area contributed by atoms with Gasteiger partial charge in [0.15, 0.2) is 0 Å². The van der Waals surface area contributed by atoms with E-state index in [4.69, 9.17) is 11.6 Å². The lowest BCUT2D eigenvalue weighted by molar-refractivity contribution is 0.0993. The Bertz CT molecular complexity index is 954. The lowest BCUT2D eigenvalue weighted by atomic mass is 10.1. The second-order valence-electron chi connectivity index (χ2n) is 6.08. The molecule has 0 fully saturated rings. The van der Waals surface area contributed by atoms with Gasteiger partial charge in [-0.15, -0.1) is 0 Å². The summed E-state index contributed by atoms with van der Waals surface area (Å²) >= 11 is 6.33. The first-order chi connectivity index (χ1) is 12.2. The van der Waals surface area contributed by atoms with Crippen molar-refractivity contribution in [3.05, 3.63) is 94.5 Å². The summed E-state index contributed by atoms with van der Waals surface area (Å²) in [6.07, 6.45) is -0.301. The Morgan fingerprint density at radius 2 is 1.60 bits per heavy atom. The molecule has 1 heterocycles. The van der Waals surface area contributed by atoms with Crippen LogP contribution in [0, 0.1) is 6.92 Å². The smallest absolute Gasteiger partial charge is 0.260 e. The van der Waals surface area contributed by atoms with E-state index in [-0.39, 0.29) is 12.1 Å². The summed E-state index contributed by atoms with van der Waals surface area (Å²) in [4.78, 5) is 14.9. The van der Waals surface area contributed by atoms with E-state index in [9.17, 15) is 4.79 Å². The largest absolute Gasteiger partial charge is 0.360 e. The number of aryl methyl sites for hydroxylation is 1. The molecule has 0 radical (unpaired) electrons. The zero-order valence-corrected chi connectivity index (χ0v) is 14.5. The summed E-state index contributed by atoms with van der Waals surface area (Å²) in [6.45, 7) is 2.01. The Kier molecular flexibility index (Phi) is 3.94. The van der Waals surface area contributed by atoms with Gasteiger partial charge in [0.05, 0.1) is 10.7 Å². The van der Waals surface area contributed by atoms with Crippen molar-refractivity contribution in [3.63, 3.8) is 0 Å². The first-order valence-corrected chi connectivity index (χ1v) is 8.54. The van der Waals surface area contributed by atoms with E-state index in [1.165, 1.54) is 0 Å². The molecule has 1 aliphatic heterocycles. The quantitative estimate of drug-likeness (QED) is 0.685. The third kappa shape index (κ3) is 2.67. The SMILES string of the molecule is Cc1ccccc1N1C(=O)c2ccccc2C1Nc1ccccc1Cl. The molecule has 0 saturated carbocycles. The summed E-state index contributed by atoms with van der Waals surface area (Å²) in [5, 5.41) is 4.07. The van der Waals surface area contributed by atoms with Crippen LogP contribution in [0.25, 0.3) is 0 Å². The molecule has 1 N–H and O–H groups in total. The van der Waals surface area contributed by atoms with Gasteiger partial charge in [0, 0.05) is 16.8 Å². The molecule has 25 heavy (non-hydrogen) atoms. The van der Waals surface area contributed by atoms with E-state index in [0.717, 1.165) is 28.1 Å². The highest BCUT2D eigenvalue weighted by molar-refractivity contribution is 6.33. The van der Waals surface area contributed by atoms with Crippen molar-refractivity contribution in [1.82, 2.24) is 0 Å². The fraction of sp³-hybridized carbons (Fsp3) is 0.0952. The lowest BCUT2D eigenvalue weighted by Crippen LogP contribution is -2.32. The highest BCUT2D eigenvalue weighted by atomic mass is 35.5. The molecule has 4 rings (SSSR count). The molecule has 0 aliphatic carbocycles. The van der Waals surface area contributed by atoms with Gasteiger partial charge in [-0.3, -0.25) is 9.69 Å². The average Bonchev–Trinajstić information content (AvgIpc) is 2.90. The van der Waals surface area contributed by atoms with Crippen LogP contribution in [0.3, 0.4) is 0 Å². The predicted molar refractivity (Wildman–Crippen MR) is 102 cm³/mol. The monoisotopic (exact) mass is 348 g/mol. The number of para-hydroxylation sites is 2. The number of nitrogens with zero attached hydrogens (tertiary/aromatic N) is 1. The molecule has 3 aromatic rings. The van der Waals surface area contributed by atoms with Crippen LogP contribution in [0.1, 0.15) is 27.7 Å². The molecule has 0 aromatic heterocycles. The van der Waals surface area contributed by atoms with Crippen molar-refractivity contribution in [2.75, 3.05) is 10.2 Å². The maximum Gasteiger partial charge on any atom is 0.260 e. The van der Waals surface area contributed by atoms with Crippen LogP contribution in [-0.2, 0) is 0 Å². The third-order valence-corrected chi connectivity index (χ3v) is 4.83. The molecule has 0 spiro atoms. The van der Waals surface area contributed by atoms with E-state index in [1.807, 2.05) is 84.6 Å². The number of amides is 1. The summed E-state index contributed by atoms with van der Waals surface area (Å²) in [5.74, 6) is -0.00514. The number of carbonyl (C=O) groups is 1. The number of fused-ring (bicyclic) bond motifs is 1. The van der Waals surface area contributed by atoms with Crippen molar-refractivity contribution in [1.29, 1.82) is 0 Å². The van der Waals surface area contributed by atoms with Gasteiger partial charge in [-0.25, -0.2) is 0 Å². The zero-order valence-electron chi connectivity index (χ0n) is 13.7. The normalized spacial score (nSPS) is 16.0. The molecular formula is C21H17ClN2O. The molecule has 4 heteroatoms. The highest BCUT2D eigenvalue weighted by Gasteiger charge is 2.38. The van der Waals surface area contributed by atoms with Crippen LogP contribution >= 0.6 is 11.6 Å². The van der Waals surface area contributed by atoms with E-state index >= 15 is 0 Å². The standard InChI is InChI=1S/C21H17ClN2O/c1-14-8-2-7-13-19(14)24-20(23-18-12-6-5-11-17(18)22)15-9-3-4-10-16(15)21(24)25/h2-13,20,23H,1H3. The number of hydrogen-bond acceptors (Lipinski definition) is 2. The van der Waals surface area contributed by atoms with E-state index < -0.39 is 0 Å². The number of carbonyl (C=O) groups excluding carboxylic acids is 1. The first-order valence-electron chi connectivity index (χ1n) is 8.16. The number of benzene rings is 3. The minimum atomic E-state index is -0.301.